The van der Waals surface area contributed by atoms with E-state index in [1.54, 1.807) is 0 Å². The summed E-state index contributed by atoms with van der Waals surface area (Å²) in [6.07, 6.45) is 4.12. The second kappa shape index (κ2) is 6.95. The smallest absolute Gasteiger partial charge is 0.140 e. The van der Waals surface area contributed by atoms with Crippen molar-refractivity contribution in [1.82, 2.24) is 5.32 Å². The van der Waals surface area contributed by atoms with Crippen LogP contribution in [0.4, 0.5) is 0 Å². The highest BCUT2D eigenvalue weighted by molar-refractivity contribution is 7.99. The Labute approximate surface area is 95.7 Å². The van der Waals surface area contributed by atoms with E-state index in [1.165, 1.54) is 24.3 Å². The number of rotatable bonds is 5. The van der Waals surface area contributed by atoms with Crippen molar-refractivity contribution < 1.29 is 5.21 Å². The third kappa shape index (κ3) is 4.75. The molecule has 0 aliphatic carbocycles. The summed E-state index contributed by atoms with van der Waals surface area (Å²) < 4.78 is 0. The van der Waals surface area contributed by atoms with Crippen LogP contribution in [-0.2, 0) is 0 Å². The highest BCUT2D eigenvalue weighted by atomic mass is 32.2. The van der Waals surface area contributed by atoms with Gasteiger partial charge < -0.3 is 16.3 Å². The van der Waals surface area contributed by atoms with Gasteiger partial charge >= 0.3 is 0 Å². The van der Waals surface area contributed by atoms with Gasteiger partial charge in [-0.15, -0.1) is 0 Å². The molecule has 1 fully saturated rings. The second-order valence-corrected chi connectivity index (χ2v) is 5.18. The van der Waals surface area contributed by atoms with Gasteiger partial charge in [0, 0.05) is 18.5 Å². The van der Waals surface area contributed by atoms with Gasteiger partial charge in [-0.2, -0.15) is 11.8 Å². The van der Waals surface area contributed by atoms with Crippen LogP contribution >= 0.6 is 11.8 Å². The molecule has 0 bridgehead atoms. The van der Waals surface area contributed by atoms with E-state index in [0.29, 0.717) is 24.3 Å². The molecule has 0 spiro atoms. The summed E-state index contributed by atoms with van der Waals surface area (Å²) in [6.45, 7) is 2.12. The highest BCUT2D eigenvalue weighted by Gasteiger charge is 2.17. The van der Waals surface area contributed by atoms with E-state index in [4.69, 9.17) is 10.9 Å². The molecular weight excluding hydrogens is 210 g/mol. The number of nitrogens with two attached hydrogens (primary N) is 1. The van der Waals surface area contributed by atoms with Gasteiger partial charge in [-0.3, -0.25) is 0 Å². The van der Waals surface area contributed by atoms with E-state index >= 15 is 0 Å². The lowest BCUT2D eigenvalue weighted by molar-refractivity contribution is 0.314. The first kappa shape index (κ1) is 12.6. The van der Waals surface area contributed by atoms with Crippen LogP contribution in [0.2, 0.25) is 0 Å². The lowest BCUT2D eigenvalue weighted by Crippen LogP contribution is -2.42. The first-order valence-corrected chi connectivity index (χ1v) is 6.72. The largest absolute Gasteiger partial charge is 0.409 e. The minimum absolute atomic E-state index is 0.319. The van der Waals surface area contributed by atoms with Crippen LogP contribution in [0.3, 0.4) is 0 Å². The zero-order valence-corrected chi connectivity index (χ0v) is 10.1. The van der Waals surface area contributed by atoms with Gasteiger partial charge in [0.15, 0.2) is 0 Å². The number of thioether (sulfide) groups is 1. The Morgan fingerprint density at radius 1 is 1.60 bits per heavy atom. The zero-order valence-electron chi connectivity index (χ0n) is 9.28. The number of hydrogen-bond acceptors (Lipinski definition) is 4. The topological polar surface area (TPSA) is 70.6 Å². The van der Waals surface area contributed by atoms with Crippen LogP contribution in [0.5, 0.6) is 0 Å². The molecule has 4 nitrogen and oxygen atoms in total. The minimum Gasteiger partial charge on any atom is -0.409 e. The number of amidine groups is 1. The van der Waals surface area contributed by atoms with E-state index in [9.17, 15) is 0 Å². The first-order valence-electron chi connectivity index (χ1n) is 5.56. The van der Waals surface area contributed by atoms with Crippen molar-refractivity contribution in [3.05, 3.63) is 0 Å². The Hall–Kier alpha value is -0.420. The Morgan fingerprint density at radius 3 is 2.80 bits per heavy atom. The fraction of sp³-hybridized carbons (Fsp3) is 0.900. The van der Waals surface area contributed by atoms with Crippen molar-refractivity contribution in [3.63, 3.8) is 0 Å². The van der Waals surface area contributed by atoms with E-state index in [1.807, 2.05) is 11.8 Å². The molecule has 1 atom stereocenters. The molecule has 1 aliphatic heterocycles. The summed E-state index contributed by atoms with van der Waals surface area (Å²) in [6, 6.07) is 0.955. The van der Waals surface area contributed by atoms with Gasteiger partial charge in [-0.25, -0.2) is 0 Å². The van der Waals surface area contributed by atoms with Crippen molar-refractivity contribution in [2.45, 2.75) is 44.7 Å². The molecule has 1 saturated heterocycles. The molecule has 0 radical (unpaired) electrons. The Bertz CT molecular complexity index is 205. The van der Waals surface area contributed by atoms with Crippen molar-refractivity contribution in [1.29, 1.82) is 0 Å². The summed E-state index contributed by atoms with van der Waals surface area (Å²) in [5.74, 6) is 2.81. The van der Waals surface area contributed by atoms with Crippen LogP contribution in [0, 0.1) is 0 Å². The summed E-state index contributed by atoms with van der Waals surface area (Å²) in [5, 5.41) is 15.1. The first-order chi connectivity index (χ1) is 7.26. The van der Waals surface area contributed by atoms with E-state index in [0.717, 1.165) is 6.42 Å². The Balaban J connectivity index is 2.31. The van der Waals surface area contributed by atoms with Gasteiger partial charge in [0.1, 0.15) is 5.84 Å². The molecule has 0 saturated carbocycles. The predicted octanol–water partition coefficient (Wildman–Crippen LogP) is 1.39. The van der Waals surface area contributed by atoms with Crippen molar-refractivity contribution in [2.24, 2.45) is 10.9 Å². The highest BCUT2D eigenvalue weighted by Crippen LogP contribution is 2.18. The minimum atomic E-state index is 0.319. The fourth-order valence-corrected chi connectivity index (χ4v) is 2.92. The van der Waals surface area contributed by atoms with Gasteiger partial charge in [0.2, 0.25) is 0 Å². The molecule has 1 rings (SSSR count). The molecule has 0 aromatic heterocycles. The molecule has 1 heterocycles. The SMILES string of the molecule is CCC(CC(N)=NO)NC1CCSCC1. The molecule has 15 heavy (non-hydrogen) atoms. The van der Waals surface area contributed by atoms with Gasteiger partial charge in [0.05, 0.1) is 0 Å². The monoisotopic (exact) mass is 231 g/mol. The third-order valence-corrected chi connectivity index (χ3v) is 3.82. The van der Waals surface area contributed by atoms with Crippen LogP contribution in [0.15, 0.2) is 5.16 Å². The van der Waals surface area contributed by atoms with E-state index in [-0.39, 0.29) is 0 Å². The predicted molar refractivity (Wildman–Crippen MR) is 65.6 cm³/mol. The van der Waals surface area contributed by atoms with Crippen molar-refractivity contribution >= 4 is 17.6 Å². The summed E-state index contributed by atoms with van der Waals surface area (Å²) in [5.41, 5.74) is 5.51. The maximum atomic E-state index is 8.52. The molecule has 0 amide bonds. The summed E-state index contributed by atoms with van der Waals surface area (Å²) in [4.78, 5) is 0. The Kier molecular flexibility index (Phi) is 5.86. The molecule has 1 aliphatic rings. The van der Waals surface area contributed by atoms with Gasteiger partial charge in [0.25, 0.3) is 0 Å². The van der Waals surface area contributed by atoms with Gasteiger partial charge in [-0.05, 0) is 30.8 Å². The average Bonchev–Trinajstić information content (AvgIpc) is 2.29. The quantitative estimate of drug-likeness (QED) is 0.289. The molecule has 88 valence electrons. The number of nitrogens with zero attached hydrogens (tertiary/aromatic N) is 1. The maximum Gasteiger partial charge on any atom is 0.140 e. The van der Waals surface area contributed by atoms with Crippen LogP contribution in [0.25, 0.3) is 0 Å². The van der Waals surface area contributed by atoms with E-state index < -0.39 is 0 Å². The van der Waals surface area contributed by atoms with Crippen molar-refractivity contribution in [2.75, 3.05) is 11.5 Å². The van der Waals surface area contributed by atoms with Gasteiger partial charge in [-0.1, -0.05) is 12.1 Å². The number of nitrogens with one attached hydrogen (secondary N) is 1. The average molecular weight is 231 g/mol. The van der Waals surface area contributed by atoms with E-state index in [2.05, 4.69) is 17.4 Å². The zero-order chi connectivity index (χ0) is 11.1. The second-order valence-electron chi connectivity index (χ2n) is 3.95. The third-order valence-electron chi connectivity index (χ3n) is 2.77. The molecular formula is C10H21N3OS. The number of oxime groups is 1. The molecule has 0 aromatic rings. The fourth-order valence-electron chi connectivity index (χ4n) is 1.81. The molecule has 5 heteroatoms. The Morgan fingerprint density at radius 2 is 2.27 bits per heavy atom. The molecule has 1 unspecified atom stereocenters. The molecule has 0 aromatic carbocycles. The lowest BCUT2D eigenvalue weighted by atomic mass is 10.1. The standard InChI is InChI=1S/C10H21N3OS/c1-2-8(7-10(11)13-14)12-9-3-5-15-6-4-9/h8-9,12,14H,2-7H2,1H3,(H2,11,13). The number of hydrogen-bond donors (Lipinski definition) is 3. The lowest BCUT2D eigenvalue weighted by Gasteiger charge is -2.27. The van der Waals surface area contributed by atoms with Crippen molar-refractivity contribution in [3.8, 4) is 0 Å². The maximum absolute atomic E-state index is 8.52. The van der Waals surface area contributed by atoms with Crippen LogP contribution in [0.1, 0.15) is 32.6 Å². The summed E-state index contributed by atoms with van der Waals surface area (Å²) in [7, 11) is 0. The van der Waals surface area contributed by atoms with Crippen LogP contribution < -0.4 is 11.1 Å². The normalized spacial score (nSPS) is 21.5. The molecule has 4 N–H and O–H groups in total. The van der Waals surface area contributed by atoms with Crippen LogP contribution in [-0.4, -0.2) is 34.6 Å². The summed E-state index contributed by atoms with van der Waals surface area (Å²) >= 11 is 2.02.